The monoisotopic (exact) mass is 297 g/mol. The van der Waals surface area contributed by atoms with Gasteiger partial charge in [-0.25, -0.2) is 4.79 Å². The summed E-state index contributed by atoms with van der Waals surface area (Å²) in [5, 5.41) is 9.06. The van der Waals surface area contributed by atoms with Crippen molar-refractivity contribution in [1.29, 1.82) is 0 Å². The van der Waals surface area contributed by atoms with Crippen molar-refractivity contribution in [1.82, 2.24) is 4.57 Å². The molecule has 1 aromatic heterocycles. The molecule has 21 heavy (non-hydrogen) atoms. The normalized spacial score (nSPS) is 11.7. The van der Waals surface area contributed by atoms with Crippen LogP contribution in [0.25, 0.3) is 0 Å². The summed E-state index contributed by atoms with van der Waals surface area (Å²) in [6.45, 7) is 3.25. The third kappa shape index (κ3) is 2.94. The van der Waals surface area contributed by atoms with Gasteiger partial charge in [-0.2, -0.15) is 13.2 Å². The first kappa shape index (κ1) is 15.2. The first-order chi connectivity index (χ1) is 9.71. The first-order valence-electron chi connectivity index (χ1n) is 6.27. The van der Waals surface area contributed by atoms with Gasteiger partial charge in [0.1, 0.15) is 0 Å². The molecule has 0 saturated carbocycles. The lowest BCUT2D eigenvalue weighted by molar-refractivity contribution is -0.138. The van der Waals surface area contributed by atoms with Crippen LogP contribution in [0.1, 0.15) is 32.9 Å². The number of hydrogen-bond acceptors (Lipinski definition) is 1. The molecular formula is C15H14F3NO2. The summed E-state index contributed by atoms with van der Waals surface area (Å²) in [5.41, 5.74) is 0.578. The van der Waals surface area contributed by atoms with E-state index in [1.54, 1.807) is 18.4 Å². The van der Waals surface area contributed by atoms with E-state index in [4.69, 9.17) is 5.11 Å². The molecule has 0 aliphatic carbocycles. The molecule has 0 fully saturated rings. The van der Waals surface area contributed by atoms with Crippen LogP contribution in [0, 0.1) is 13.8 Å². The third-order valence-electron chi connectivity index (χ3n) is 3.46. The van der Waals surface area contributed by atoms with Crippen LogP contribution < -0.4 is 0 Å². The average Bonchev–Trinajstić information content (AvgIpc) is 2.66. The van der Waals surface area contributed by atoms with E-state index in [1.807, 2.05) is 0 Å². The highest BCUT2D eigenvalue weighted by Gasteiger charge is 2.33. The minimum atomic E-state index is -4.43. The van der Waals surface area contributed by atoms with E-state index in [9.17, 15) is 18.0 Å². The number of rotatable bonds is 3. The second-order valence-corrected chi connectivity index (χ2v) is 4.83. The number of aromatic nitrogens is 1. The summed E-state index contributed by atoms with van der Waals surface area (Å²) >= 11 is 0. The van der Waals surface area contributed by atoms with E-state index in [0.29, 0.717) is 11.4 Å². The van der Waals surface area contributed by atoms with Crippen molar-refractivity contribution in [2.24, 2.45) is 0 Å². The molecule has 0 bridgehead atoms. The van der Waals surface area contributed by atoms with Crippen LogP contribution in [0.3, 0.4) is 0 Å². The van der Waals surface area contributed by atoms with Crippen LogP contribution in [0.4, 0.5) is 13.2 Å². The Morgan fingerprint density at radius 3 is 2.38 bits per heavy atom. The van der Waals surface area contributed by atoms with Gasteiger partial charge in [0, 0.05) is 17.9 Å². The molecule has 2 aromatic rings. The highest BCUT2D eigenvalue weighted by Crippen LogP contribution is 2.32. The van der Waals surface area contributed by atoms with Crippen molar-refractivity contribution in [3.8, 4) is 0 Å². The summed E-state index contributed by atoms with van der Waals surface area (Å²) in [6, 6.07) is 6.78. The van der Waals surface area contributed by atoms with Crippen LogP contribution in [0.2, 0.25) is 0 Å². The Labute approximate surface area is 119 Å². The lowest BCUT2D eigenvalue weighted by Gasteiger charge is -2.15. The molecule has 0 spiro atoms. The molecular weight excluding hydrogens is 283 g/mol. The molecule has 0 unspecified atom stereocenters. The standard InChI is InChI=1S/C15H14F3NO2/c1-9-7-12(14(20)21)10(2)19(9)8-11-5-3-4-6-13(11)15(16,17)18/h3-7H,8H2,1-2H3,(H,20,21). The number of alkyl halides is 3. The van der Waals surface area contributed by atoms with Gasteiger partial charge in [-0.3, -0.25) is 0 Å². The van der Waals surface area contributed by atoms with Gasteiger partial charge in [0.2, 0.25) is 0 Å². The zero-order chi connectivity index (χ0) is 15.8. The molecule has 2 rings (SSSR count). The number of aromatic carboxylic acids is 1. The van der Waals surface area contributed by atoms with Crippen molar-refractivity contribution in [3.63, 3.8) is 0 Å². The van der Waals surface area contributed by atoms with Gasteiger partial charge in [-0.1, -0.05) is 18.2 Å². The van der Waals surface area contributed by atoms with Crippen LogP contribution >= 0.6 is 0 Å². The predicted molar refractivity (Wildman–Crippen MR) is 71.4 cm³/mol. The Morgan fingerprint density at radius 1 is 1.24 bits per heavy atom. The van der Waals surface area contributed by atoms with E-state index in [0.717, 1.165) is 6.07 Å². The van der Waals surface area contributed by atoms with Gasteiger partial charge in [0.05, 0.1) is 11.1 Å². The van der Waals surface area contributed by atoms with Crippen LogP contribution in [0.15, 0.2) is 30.3 Å². The van der Waals surface area contributed by atoms with Gasteiger partial charge < -0.3 is 9.67 Å². The molecule has 0 radical (unpaired) electrons. The topological polar surface area (TPSA) is 42.2 Å². The molecule has 0 atom stereocenters. The molecule has 0 aliphatic rings. The fourth-order valence-corrected chi connectivity index (χ4v) is 2.37. The highest BCUT2D eigenvalue weighted by atomic mass is 19.4. The summed E-state index contributed by atoms with van der Waals surface area (Å²) in [6.07, 6.45) is -4.43. The molecule has 3 nitrogen and oxygen atoms in total. The maximum absolute atomic E-state index is 13.0. The second-order valence-electron chi connectivity index (χ2n) is 4.83. The third-order valence-corrected chi connectivity index (χ3v) is 3.46. The number of benzene rings is 1. The minimum Gasteiger partial charge on any atom is -0.478 e. The number of nitrogens with zero attached hydrogens (tertiary/aromatic N) is 1. The summed E-state index contributed by atoms with van der Waals surface area (Å²) in [4.78, 5) is 11.1. The Bertz CT molecular complexity index is 687. The van der Waals surface area contributed by atoms with Crippen LogP contribution in [0.5, 0.6) is 0 Å². The van der Waals surface area contributed by atoms with E-state index in [-0.39, 0.29) is 17.7 Å². The molecule has 0 amide bonds. The quantitative estimate of drug-likeness (QED) is 0.934. The predicted octanol–water partition coefficient (Wildman–Crippen LogP) is 3.87. The Morgan fingerprint density at radius 2 is 1.86 bits per heavy atom. The van der Waals surface area contributed by atoms with Gasteiger partial charge >= 0.3 is 12.1 Å². The number of carboxylic acids is 1. The Kier molecular flexibility index (Phi) is 3.80. The van der Waals surface area contributed by atoms with E-state index >= 15 is 0 Å². The number of hydrogen-bond donors (Lipinski definition) is 1. The molecule has 0 saturated heterocycles. The largest absolute Gasteiger partial charge is 0.478 e. The molecule has 1 heterocycles. The molecule has 1 aromatic carbocycles. The van der Waals surface area contributed by atoms with Gasteiger partial charge in [0.15, 0.2) is 0 Å². The molecule has 1 N–H and O–H groups in total. The van der Waals surface area contributed by atoms with Gasteiger partial charge in [-0.05, 0) is 31.5 Å². The van der Waals surface area contributed by atoms with Gasteiger partial charge in [-0.15, -0.1) is 0 Å². The maximum atomic E-state index is 13.0. The van der Waals surface area contributed by atoms with E-state index in [2.05, 4.69) is 0 Å². The summed E-state index contributed by atoms with van der Waals surface area (Å²) in [7, 11) is 0. The zero-order valence-corrected chi connectivity index (χ0v) is 11.5. The molecule has 6 heteroatoms. The van der Waals surface area contributed by atoms with Gasteiger partial charge in [0.25, 0.3) is 0 Å². The highest BCUT2D eigenvalue weighted by molar-refractivity contribution is 5.89. The second kappa shape index (κ2) is 5.27. The first-order valence-corrected chi connectivity index (χ1v) is 6.27. The van der Waals surface area contributed by atoms with E-state index in [1.165, 1.54) is 24.3 Å². The summed E-state index contributed by atoms with van der Waals surface area (Å²) in [5.74, 6) is -1.08. The lowest BCUT2D eigenvalue weighted by atomic mass is 10.1. The number of carboxylic acid groups (broad SMARTS) is 1. The van der Waals surface area contributed by atoms with Crippen molar-refractivity contribution in [2.45, 2.75) is 26.6 Å². The molecule has 112 valence electrons. The Hall–Kier alpha value is -2.24. The number of halogens is 3. The molecule has 0 aliphatic heterocycles. The van der Waals surface area contributed by atoms with Crippen LogP contribution in [-0.4, -0.2) is 15.6 Å². The van der Waals surface area contributed by atoms with E-state index < -0.39 is 17.7 Å². The lowest BCUT2D eigenvalue weighted by Crippen LogP contribution is -2.13. The fraction of sp³-hybridized carbons (Fsp3) is 0.267. The van der Waals surface area contributed by atoms with Crippen molar-refractivity contribution >= 4 is 5.97 Å². The smallest absolute Gasteiger partial charge is 0.416 e. The number of aryl methyl sites for hydroxylation is 1. The van der Waals surface area contributed by atoms with Crippen molar-refractivity contribution in [3.05, 3.63) is 58.4 Å². The van der Waals surface area contributed by atoms with Crippen molar-refractivity contribution < 1.29 is 23.1 Å². The Balaban J connectivity index is 2.47. The van der Waals surface area contributed by atoms with Crippen LogP contribution in [-0.2, 0) is 12.7 Å². The maximum Gasteiger partial charge on any atom is 0.416 e. The average molecular weight is 297 g/mol. The fourth-order valence-electron chi connectivity index (χ4n) is 2.37. The minimum absolute atomic E-state index is 0.0133. The van der Waals surface area contributed by atoms with Crippen molar-refractivity contribution in [2.75, 3.05) is 0 Å². The summed E-state index contributed by atoms with van der Waals surface area (Å²) < 4.78 is 40.5. The zero-order valence-electron chi connectivity index (χ0n) is 11.5. The SMILES string of the molecule is Cc1cc(C(=O)O)c(C)n1Cc1ccccc1C(F)(F)F. The number of carbonyl (C=O) groups is 1.